The van der Waals surface area contributed by atoms with Crippen LogP contribution in [0.1, 0.15) is 12.8 Å². The molecular formula is C6H9O. The van der Waals surface area contributed by atoms with Gasteiger partial charge in [-0.3, -0.25) is 0 Å². The highest BCUT2D eigenvalue weighted by atomic mass is 16.2. The minimum atomic E-state index is -0.0278. The molecule has 0 heterocycles. The molecular weight excluding hydrogens is 88.1 g/mol. The van der Waals surface area contributed by atoms with E-state index in [9.17, 15) is 0 Å². The minimum Gasteiger partial charge on any atom is -0.384 e. The van der Waals surface area contributed by atoms with Crippen LogP contribution in [0.3, 0.4) is 0 Å². The summed E-state index contributed by atoms with van der Waals surface area (Å²) in [4.78, 5) is 0. The lowest BCUT2D eigenvalue weighted by Gasteiger charge is -1.74. The third kappa shape index (κ3) is 5.52. The Kier molecular flexibility index (Phi) is 5.14. The van der Waals surface area contributed by atoms with E-state index < -0.39 is 0 Å². The van der Waals surface area contributed by atoms with Gasteiger partial charge < -0.3 is 5.11 Å². The molecule has 39 valence electrons. The van der Waals surface area contributed by atoms with E-state index in [-0.39, 0.29) is 6.61 Å². The van der Waals surface area contributed by atoms with Crippen LogP contribution in [0.15, 0.2) is 0 Å². The molecule has 1 nitrogen and oxygen atoms in total. The second-order valence-electron chi connectivity index (χ2n) is 1.12. The summed E-state index contributed by atoms with van der Waals surface area (Å²) in [6.45, 7) is 3.55. The lowest BCUT2D eigenvalue weighted by molar-refractivity contribution is 0.350. The van der Waals surface area contributed by atoms with Crippen molar-refractivity contribution in [1.82, 2.24) is 0 Å². The third-order valence-electron chi connectivity index (χ3n) is 0.506. The molecule has 0 aliphatic heterocycles. The summed E-state index contributed by atoms with van der Waals surface area (Å²) < 4.78 is 0. The van der Waals surface area contributed by atoms with Crippen LogP contribution in [0.5, 0.6) is 0 Å². The maximum atomic E-state index is 8.10. The van der Waals surface area contributed by atoms with E-state index >= 15 is 0 Å². The fourth-order valence-electron chi connectivity index (χ4n) is 0.233. The van der Waals surface area contributed by atoms with Crippen LogP contribution >= 0.6 is 0 Å². The van der Waals surface area contributed by atoms with Crippen LogP contribution in [0.2, 0.25) is 0 Å². The van der Waals surface area contributed by atoms with E-state index in [4.69, 9.17) is 5.11 Å². The lowest BCUT2D eigenvalue weighted by Crippen LogP contribution is -1.70. The number of hydrogen-bond donors (Lipinski definition) is 1. The number of unbranched alkanes of at least 4 members (excludes halogenated alkanes) is 1. The predicted molar refractivity (Wildman–Crippen MR) is 29.5 cm³/mol. The number of aliphatic hydroxyl groups excluding tert-OH is 1. The van der Waals surface area contributed by atoms with Gasteiger partial charge in [0.05, 0.1) is 0 Å². The van der Waals surface area contributed by atoms with Crippen molar-refractivity contribution in [3.8, 4) is 11.8 Å². The summed E-state index contributed by atoms with van der Waals surface area (Å²) in [5.41, 5.74) is 0. The van der Waals surface area contributed by atoms with Gasteiger partial charge in [-0.15, -0.1) is 5.92 Å². The Morgan fingerprint density at radius 1 is 1.43 bits per heavy atom. The molecule has 0 unspecified atom stereocenters. The molecule has 0 amide bonds. The van der Waals surface area contributed by atoms with Crippen LogP contribution in [-0.2, 0) is 0 Å². The molecule has 0 aliphatic carbocycles. The van der Waals surface area contributed by atoms with Crippen LogP contribution in [-0.4, -0.2) is 11.7 Å². The second kappa shape index (κ2) is 5.52. The van der Waals surface area contributed by atoms with Gasteiger partial charge in [-0.2, -0.15) is 0 Å². The first kappa shape index (κ1) is 6.52. The monoisotopic (exact) mass is 97.1 g/mol. The first-order valence-electron chi connectivity index (χ1n) is 2.27. The molecule has 7 heavy (non-hydrogen) atoms. The van der Waals surface area contributed by atoms with Gasteiger partial charge in [0.25, 0.3) is 0 Å². The van der Waals surface area contributed by atoms with Crippen molar-refractivity contribution in [2.45, 2.75) is 12.8 Å². The van der Waals surface area contributed by atoms with Crippen LogP contribution < -0.4 is 0 Å². The quantitative estimate of drug-likeness (QED) is 0.475. The molecule has 1 radical (unpaired) electrons. The maximum absolute atomic E-state index is 8.10. The zero-order valence-electron chi connectivity index (χ0n) is 4.28. The summed E-state index contributed by atoms with van der Waals surface area (Å²) in [6, 6.07) is 0. The smallest absolute Gasteiger partial charge is 0.104 e. The van der Waals surface area contributed by atoms with Crippen molar-refractivity contribution >= 4 is 0 Å². The fourth-order valence-corrected chi connectivity index (χ4v) is 0.233. The molecule has 0 aromatic carbocycles. The topological polar surface area (TPSA) is 20.2 Å². The van der Waals surface area contributed by atoms with Gasteiger partial charge >= 0.3 is 0 Å². The average molecular weight is 97.1 g/mol. The fraction of sp³-hybridized carbons (Fsp3) is 0.500. The highest BCUT2D eigenvalue weighted by Gasteiger charge is 1.66. The van der Waals surface area contributed by atoms with Gasteiger partial charge in [-0.25, -0.2) is 0 Å². The van der Waals surface area contributed by atoms with Gasteiger partial charge in [0, 0.05) is 6.42 Å². The first-order valence-corrected chi connectivity index (χ1v) is 2.27. The Labute approximate surface area is 44.4 Å². The highest BCUT2D eigenvalue weighted by molar-refractivity contribution is 4.98. The molecule has 0 bridgehead atoms. The molecule has 0 saturated carbocycles. The summed E-state index contributed by atoms with van der Waals surface area (Å²) in [5.74, 6) is 5.24. The van der Waals surface area contributed by atoms with Crippen molar-refractivity contribution in [3.63, 3.8) is 0 Å². The average Bonchev–Trinajstić information content (AvgIpc) is 1.69. The molecule has 0 aliphatic rings. The first-order chi connectivity index (χ1) is 3.41. The lowest BCUT2D eigenvalue weighted by atomic mass is 10.3. The maximum Gasteiger partial charge on any atom is 0.104 e. The number of rotatable bonds is 1. The SMILES string of the molecule is [CH2]CCC#CCO. The Morgan fingerprint density at radius 2 is 2.14 bits per heavy atom. The van der Waals surface area contributed by atoms with Crippen LogP contribution in [0.25, 0.3) is 0 Å². The normalized spacial score (nSPS) is 7.14. The molecule has 0 rings (SSSR count). The van der Waals surface area contributed by atoms with Crippen molar-refractivity contribution in [1.29, 1.82) is 0 Å². The number of hydrogen-bond acceptors (Lipinski definition) is 1. The Morgan fingerprint density at radius 3 is 2.57 bits per heavy atom. The van der Waals surface area contributed by atoms with E-state index in [0.29, 0.717) is 0 Å². The van der Waals surface area contributed by atoms with Gasteiger partial charge in [0.1, 0.15) is 6.61 Å². The van der Waals surface area contributed by atoms with Crippen LogP contribution in [0, 0.1) is 18.8 Å². The Balaban J connectivity index is 2.91. The van der Waals surface area contributed by atoms with Crippen molar-refractivity contribution in [2.24, 2.45) is 0 Å². The summed E-state index contributed by atoms with van der Waals surface area (Å²) in [7, 11) is 0. The van der Waals surface area contributed by atoms with Gasteiger partial charge in [0.2, 0.25) is 0 Å². The number of aliphatic hydroxyl groups is 1. The molecule has 0 aromatic rings. The largest absolute Gasteiger partial charge is 0.384 e. The van der Waals surface area contributed by atoms with Gasteiger partial charge in [-0.05, 0) is 6.42 Å². The van der Waals surface area contributed by atoms with Crippen molar-refractivity contribution in [2.75, 3.05) is 6.61 Å². The van der Waals surface area contributed by atoms with E-state index in [0.717, 1.165) is 12.8 Å². The van der Waals surface area contributed by atoms with E-state index in [1.54, 1.807) is 0 Å². The van der Waals surface area contributed by atoms with Crippen molar-refractivity contribution < 1.29 is 5.11 Å². The molecule has 0 aromatic heterocycles. The third-order valence-corrected chi connectivity index (χ3v) is 0.506. The van der Waals surface area contributed by atoms with Gasteiger partial charge in [-0.1, -0.05) is 12.8 Å². The Hall–Kier alpha value is -0.480. The minimum absolute atomic E-state index is 0.0278. The zero-order chi connectivity index (χ0) is 5.54. The predicted octanol–water partition coefficient (Wildman–Crippen LogP) is 0.596. The summed E-state index contributed by atoms with van der Waals surface area (Å²) >= 11 is 0. The highest BCUT2D eigenvalue weighted by Crippen LogP contribution is 1.78. The van der Waals surface area contributed by atoms with E-state index in [1.807, 2.05) is 0 Å². The molecule has 0 spiro atoms. The molecule has 1 heteroatoms. The second-order valence-corrected chi connectivity index (χ2v) is 1.12. The zero-order valence-corrected chi connectivity index (χ0v) is 4.28. The van der Waals surface area contributed by atoms with Crippen LogP contribution in [0.4, 0.5) is 0 Å². The molecule has 0 saturated heterocycles. The Bertz CT molecular complexity index is 75.9. The molecule has 0 fully saturated rings. The molecule has 0 atom stereocenters. The summed E-state index contributed by atoms with van der Waals surface area (Å²) in [6.07, 6.45) is 1.62. The van der Waals surface area contributed by atoms with E-state index in [1.165, 1.54) is 0 Å². The van der Waals surface area contributed by atoms with E-state index in [2.05, 4.69) is 18.8 Å². The van der Waals surface area contributed by atoms with Crippen molar-refractivity contribution in [3.05, 3.63) is 6.92 Å². The molecule has 1 N–H and O–H groups in total. The van der Waals surface area contributed by atoms with Gasteiger partial charge in [0.15, 0.2) is 0 Å². The standard InChI is InChI=1S/C6H9O/c1-2-3-4-5-6-7/h7H,1-3,6H2. The summed E-state index contributed by atoms with van der Waals surface area (Å²) in [5, 5.41) is 8.10.